The standard InChI is InChI=1S/C12H16ClNO3/c1-2-9-8(7-17-14)6-10(13)12-11(9)15-4-3-5-16-12/h6H,2-5,7,14H2,1H3. The number of rotatable bonds is 3. The second kappa shape index (κ2) is 5.58. The number of hydrogen-bond acceptors (Lipinski definition) is 4. The molecule has 1 aromatic carbocycles. The van der Waals surface area contributed by atoms with Crippen LogP contribution in [-0.4, -0.2) is 13.2 Å². The van der Waals surface area contributed by atoms with E-state index in [-0.39, 0.29) is 0 Å². The molecule has 0 saturated carbocycles. The summed E-state index contributed by atoms with van der Waals surface area (Å²) in [6.45, 7) is 3.64. The Bertz CT molecular complexity index is 409. The van der Waals surface area contributed by atoms with Crippen molar-refractivity contribution in [1.82, 2.24) is 0 Å². The molecule has 5 heteroatoms. The molecule has 17 heavy (non-hydrogen) atoms. The number of hydrogen-bond donors (Lipinski definition) is 1. The smallest absolute Gasteiger partial charge is 0.180 e. The molecule has 0 radical (unpaired) electrons. The molecule has 0 aromatic heterocycles. The summed E-state index contributed by atoms with van der Waals surface area (Å²) < 4.78 is 11.4. The van der Waals surface area contributed by atoms with Crippen LogP contribution in [0.1, 0.15) is 24.5 Å². The first-order valence-electron chi connectivity index (χ1n) is 5.69. The number of halogens is 1. The van der Waals surface area contributed by atoms with E-state index in [2.05, 4.69) is 6.92 Å². The van der Waals surface area contributed by atoms with Gasteiger partial charge in [-0.15, -0.1) is 0 Å². The molecule has 1 heterocycles. The molecule has 4 nitrogen and oxygen atoms in total. The van der Waals surface area contributed by atoms with Crippen molar-refractivity contribution in [3.8, 4) is 11.5 Å². The summed E-state index contributed by atoms with van der Waals surface area (Å²) in [7, 11) is 0. The molecule has 0 spiro atoms. The Morgan fingerprint density at radius 3 is 2.71 bits per heavy atom. The van der Waals surface area contributed by atoms with Gasteiger partial charge in [0.05, 0.1) is 24.8 Å². The van der Waals surface area contributed by atoms with E-state index >= 15 is 0 Å². The molecule has 2 N–H and O–H groups in total. The normalized spacial score (nSPS) is 14.5. The van der Waals surface area contributed by atoms with Crippen molar-refractivity contribution < 1.29 is 14.3 Å². The van der Waals surface area contributed by atoms with Crippen molar-refractivity contribution in [2.45, 2.75) is 26.4 Å². The zero-order valence-electron chi connectivity index (χ0n) is 9.79. The molecule has 94 valence electrons. The maximum Gasteiger partial charge on any atom is 0.180 e. The molecule has 0 unspecified atom stereocenters. The number of benzene rings is 1. The van der Waals surface area contributed by atoms with E-state index in [1.807, 2.05) is 6.07 Å². The van der Waals surface area contributed by atoms with Gasteiger partial charge in [0.1, 0.15) is 0 Å². The molecular weight excluding hydrogens is 242 g/mol. The van der Waals surface area contributed by atoms with E-state index in [0.29, 0.717) is 30.6 Å². The van der Waals surface area contributed by atoms with Crippen molar-refractivity contribution >= 4 is 11.6 Å². The van der Waals surface area contributed by atoms with Crippen LogP contribution in [0.25, 0.3) is 0 Å². The third kappa shape index (κ3) is 2.49. The first-order valence-corrected chi connectivity index (χ1v) is 6.07. The van der Waals surface area contributed by atoms with Crippen LogP contribution in [0.4, 0.5) is 0 Å². The fourth-order valence-corrected chi connectivity index (χ4v) is 2.27. The first kappa shape index (κ1) is 12.5. The second-order valence-electron chi connectivity index (χ2n) is 3.87. The summed E-state index contributed by atoms with van der Waals surface area (Å²) in [5, 5.41) is 0.547. The highest BCUT2D eigenvalue weighted by molar-refractivity contribution is 6.32. The summed E-state index contributed by atoms with van der Waals surface area (Å²) in [6.07, 6.45) is 1.68. The van der Waals surface area contributed by atoms with Gasteiger partial charge in [0.15, 0.2) is 11.5 Å². The zero-order chi connectivity index (χ0) is 12.3. The van der Waals surface area contributed by atoms with Gasteiger partial charge in [0.2, 0.25) is 0 Å². The zero-order valence-corrected chi connectivity index (χ0v) is 10.5. The van der Waals surface area contributed by atoms with Crippen molar-refractivity contribution in [2.24, 2.45) is 5.90 Å². The van der Waals surface area contributed by atoms with Crippen LogP contribution in [0, 0.1) is 0 Å². The van der Waals surface area contributed by atoms with Gasteiger partial charge in [-0.3, -0.25) is 4.84 Å². The van der Waals surface area contributed by atoms with E-state index in [9.17, 15) is 0 Å². The van der Waals surface area contributed by atoms with Gasteiger partial charge in [0, 0.05) is 12.0 Å². The quantitative estimate of drug-likeness (QED) is 0.845. The molecule has 0 fully saturated rings. The second-order valence-corrected chi connectivity index (χ2v) is 4.28. The molecule has 1 aromatic rings. The Morgan fingerprint density at radius 2 is 2.06 bits per heavy atom. The molecular formula is C12H16ClNO3. The predicted octanol–water partition coefficient (Wildman–Crippen LogP) is 2.45. The van der Waals surface area contributed by atoms with Gasteiger partial charge in [0.25, 0.3) is 0 Å². The minimum Gasteiger partial charge on any atom is -0.489 e. The van der Waals surface area contributed by atoms with Crippen LogP contribution in [0.5, 0.6) is 11.5 Å². The maximum absolute atomic E-state index is 6.18. The molecule has 0 bridgehead atoms. The van der Waals surface area contributed by atoms with Gasteiger partial charge >= 0.3 is 0 Å². The Kier molecular flexibility index (Phi) is 4.10. The lowest BCUT2D eigenvalue weighted by Gasteiger charge is -2.16. The van der Waals surface area contributed by atoms with Crippen LogP contribution in [0.15, 0.2) is 6.07 Å². The highest BCUT2D eigenvalue weighted by Crippen LogP contribution is 2.42. The summed E-state index contributed by atoms with van der Waals surface area (Å²) in [5.74, 6) is 6.51. The van der Waals surface area contributed by atoms with Gasteiger partial charge in [-0.25, -0.2) is 5.90 Å². The average molecular weight is 258 g/mol. The maximum atomic E-state index is 6.18. The Balaban J connectivity index is 2.52. The van der Waals surface area contributed by atoms with Crippen LogP contribution >= 0.6 is 11.6 Å². The van der Waals surface area contributed by atoms with Crippen molar-refractivity contribution in [3.63, 3.8) is 0 Å². The lowest BCUT2D eigenvalue weighted by Crippen LogP contribution is -2.05. The molecule has 0 atom stereocenters. The minimum atomic E-state index is 0.319. The molecule has 0 amide bonds. The fraction of sp³-hybridized carbons (Fsp3) is 0.500. The third-order valence-electron chi connectivity index (χ3n) is 2.76. The van der Waals surface area contributed by atoms with E-state index in [4.69, 9.17) is 31.8 Å². The topological polar surface area (TPSA) is 53.7 Å². The highest BCUT2D eigenvalue weighted by Gasteiger charge is 2.20. The van der Waals surface area contributed by atoms with E-state index in [1.165, 1.54) is 0 Å². The van der Waals surface area contributed by atoms with Crippen molar-refractivity contribution in [2.75, 3.05) is 13.2 Å². The van der Waals surface area contributed by atoms with Crippen molar-refractivity contribution in [3.05, 3.63) is 22.2 Å². The monoisotopic (exact) mass is 257 g/mol. The van der Waals surface area contributed by atoms with Crippen molar-refractivity contribution in [1.29, 1.82) is 0 Å². The minimum absolute atomic E-state index is 0.319. The number of nitrogens with two attached hydrogens (primary N) is 1. The molecule has 1 aliphatic heterocycles. The van der Waals surface area contributed by atoms with E-state index < -0.39 is 0 Å². The van der Waals surface area contributed by atoms with E-state index in [1.54, 1.807) is 0 Å². The Morgan fingerprint density at radius 1 is 1.35 bits per heavy atom. The lowest BCUT2D eigenvalue weighted by atomic mass is 10.0. The van der Waals surface area contributed by atoms with Crippen LogP contribution in [0.2, 0.25) is 5.02 Å². The largest absolute Gasteiger partial charge is 0.489 e. The van der Waals surface area contributed by atoms with E-state index in [0.717, 1.165) is 29.7 Å². The summed E-state index contributed by atoms with van der Waals surface area (Å²) in [5.41, 5.74) is 2.00. The number of fused-ring (bicyclic) bond motifs is 1. The summed E-state index contributed by atoms with van der Waals surface area (Å²) in [6, 6.07) is 1.83. The van der Waals surface area contributed by atoms with Gasteiger partial charge in [-0.05, 0) is 18.1 Å². The SMILES string of the molecule is CCc1c(CON)cc(Cl)c2c1OCCCO2. The molecule has 0 saturated heterocycles. The van der Waals surface area contributed by atoms with Gasteiger partial charge in [-0.1, -0.05) is 18.5 Å². The average Bonchev–Trinajstić information content (AvgIpc) is 2.56. The summed E-state index contributed by atoms with van der Waals surface area (Å²) >= 11 is 6.18. The Hall–Kier alpha value is -0.970. The van der Waals surface area contributed by atoms with Crippen LogP contribution in [-0.2, 0) is 17.9 Å². The predicted molar refractivity (Wildman–Crippen MR) is 65.4 cm³/mol. The first-order chi connectivity index (χ1) is 8.27. The highest BCUT2D eigenvalue weighted by atomic mass is 35.5. The van der Waals surface area contributed by atoms with Crippen LogP contribution in [0.3, 0.4) is 0 Å². The lowest BCUT2D eigenvalue weighted by molar-refractivity contribution is 0.123. The van der Waals surface area contributed by atoms with Crippen LogP contribution < -0.4 is 15.4 Å². The number of ether oxygens (including phenoxy) is 2. The fourth-order valence-electron chi connectivity index (χ4n) is 2.00. The molecule has 2 rings (SSSR count). The third-order valence-corrected chi connectivity index (χ3v) is 3.04. The summed E-state index contributed by atoms with van der Waals surface area (Å²) in [4.78, 5) is 4.69. The molecule has 1 aliphatic rings. The van der Waals surface area contributed by atoms with Gasteiger partial charge < -0.3 is 9.47 Å². The van der Waals surface area contributed by atoms with Gasteiger partial charge in [-0.2, -0.15) is 0 Å². The Labute approximate surface area is 106 Å². The molecule has 0 aliphatic carbocycles.